The number of carboxylic acid groups (broad SMARTS) is 1. The molecule has 2 rings (SSSR count). The Hall–Kier alpha value is -3.35. The number of aromatic hydroxyl groups is 1. The second kappa shape index (κ2) is 9.38. The van der Waals surface area contributed by atoms with Crippen molar-refractivity contribution in [1.29, 1.82) is 0 Å². The molecule has 141 valence electrons. The average Bonchev–Trinajstić information content (AvgIpc) is 2.62. The fourth-order valence-corrected chi connectivity index (χ4v) is 2.57. The Labute approximate surface area is 157 Å². The molecule has 2 atom stereocenters. The van der Waals surface area contributed by atoms with Crippen LogP contribution >= 0.6 is 0 Å². The number of hydrogen-bond donors (Lipinski definition) is 4. The van der Waals surface area contributed by atoms with Crippen LogP contribution in [0.3, 0.4) is 0 Å². The molecule has 27 heavy (non-hydrogen) atoms. The van der Waals surface area contributed by atoms with Gasteiger partial charge in [-0.1, -0.05) is 36.4 Å². The number of carboxylic acids is 1. The molecule has 0 bridgehead atoms. The van der Waals surface area contributed by atoms with Crippen molar-refractivity contribution in [1.82, 2.24) is 10.6 Å². The van der Waals surface area contributed by atoms with Gasteiger partial charge in [0.25, 0.3) is 0 Å². The highest BCUT2D eigenvalue weighted by Crippen LogP contribution is 2.12. The van der Waals surface area contributed by atoms with Gasteiger partial charge in [0.2, 0.25) is 11.8 Å². The van der Waals surface area contributed by atoms with Crippen LogP contribution in [-0.4, -0.2) is 40.1 Å². The molecule has 2 aromatic rings. The number of rotatable bonds is 8. The highest BCUT2D eigenvalue weighted by molar-refractivity contribution is 5.90. The van der Waals surface area contributed by atoms with Gasteiger partial charge in [0.05, 0.1) is 0 Å². The third-order valence-corrected chi connectivity index (χ3v) is 3.88. The summed E-state index contributed by atoms with van der Waals surface area (Å²) in [5.74, 6) is -2.10. The van der Waals surface area contributed by atoms with Crippen molar-refractivity contribution >= 4 is 17.8 Å². The third-order valence-electron chi connectivity index (χ3n) is 3.88. The number of hydrogen-bond acceptors (Lipinski definition) is 4. The predicted octanol–water partition coefficient (Wildman–Crippen LogP) is 1.05. The zero-order valence-corrected chi connectivity index (χ0v) is 14.8. The van der Waals surface area contributed by atoms with Crippen molar-refractivity contribution in [2.24, 2.45) is 0 Å². The maximum absolute atomic E-state index is 12.6. The first-order valence-corrected chi connectivity index (χ1v) is 8.39. The topological polar surface area (TPSA) is 116 Å². The zero-order valence-electron chi connectivity index (χ0n) is 14.8. The van der Waals surface area contributed by atoms with Crippen LogP contribution in [-0.2, 0) is 27.2 Å². The molecular formula is C20H21N2O5. The number of carbonyl (C=O) groups excluding carboxylic acids is 2. The first kappa shape index (κ1) is 20.0. The van der Waals surface area contributed by atoms with E-state index in [1.54, 1.807) is 36.4 Å². The molecule has 0 saturated carbocycles. The molecule has 0 aliphatic carbocycles. The number of amides is 2. The fourth-order valence-electron chi connectivity index (χ4n) is 2.57. The molecule has 1 radical (unpaired) electrons. The van der Waals surface area contributed by atoms with Crippen LogP contribution in [0.4, 0.5) is 0 Å². The van der Waals surface area contributed by atoms with Gasteiger partial charge in [0, 0.05) is 19.8 Å². The molecule has 0 heterocycles. The van der Waals surface area contributed by atoms with E-state index in [0.29, 0.717) is 5.56 Å². The quantitative estimate of drug-likeness (QED) is 0.555. The van der Waals surface area contributed by atoms with Crippen molar-refractivity contribution in [2.45, 2.75) is 31.8 Å². The lowest BCUT2D eigenvalue weighted by Crippen LogP contribution is -2.52. The zero-order chi connectivity index (χ0) is 19.8. The summed E-state index contributed by atoms with van der Waals surface area (Å²) in [4.78, 5) is 35.6. The van der Waals surface area contributed by atoms with Gasteiger partial charge in [0.15, 0.2) is 0 Å². The van der Waals surface area contributed by atoms with E-state index in [0.717, 1.165) is 5.56 Å². The smallest absolute Gasteiger partial charge is 0.326 e. The predicted molar refractivity (Wildman–Crippen MR) is 98.0 cm³/mol. The van der Waals surface area contributed by atoms with Gasteiger partial charge in [0.1, 0.15) is 17.8 Å². The normalized spacial score (nSPS) is 12.6. The standard InChI is InChI=1S/C20H21N2O5/c1-13(23)21-17(11-14-5-3-2-4-6-14)19(25)22-18(20(26)27)12-15-7-9-16(24)10-8-15/h2-5,7-10,17-18,24H,11-12H2,1H3,(H,21,23)(H,22,25)(H,26,27)/t17?,18-/m1/s1. The molecule has 0 saturated heterocycles. The Morgan fingerprint density at radius 1 is 1.00 bits per heavy atom. The Kier molecular flexibility index (Phi) is 6.93. The molecule has 2 amide bonds. The van der Waals surface area contributed by atoms with Crippen LogP contribution in [0.1, 0.15) is 18.1 Å². The molecule has 7 nitrogen and oxygen atoms in total. The van der Waals surface area contributed by atoms with Crippen molar-refractivity contribution in [2.75, 3.05) is 0 Å². The van der Waals surface area contributed by atoms with Gasteiger partial charge in [-0.05, 0) is 29.3 Å². The highest BCUT2D eigenvalue weighted by Gasteiger charge is 2.26. The summed E-state index contributed by atoms with van der Waals surface area (Å²) in [6.07, 6.45) is 0.239. The number of nitrogens with one attached hydrogen (secondary N) is 2. The first-order chi connectivity index (χ1) is 12.8. The summed E-state index contributed by atoms with van der Waals surface area (Å²) in [6, 6.07) is 14.0. The average molecular weight is 369 g/mol. The maximum atomic E-state index is 12.6. The van der Waals surface area contributed by atoms with Crippen LogP contribution < -0.4 is 10.6 Å². The van der Waals surface area contributed by atoms with E-state index in [1.165, 1.54) is 19.1 Å². The monoisotopic (exact) mass is 369 g/mol. The maximum Gasteiger partial charge on any atom is 0.326 e. The van der Waals surface area contributed by atoms with Crippen LogP contribution in [0.5, 0.6) is 5.75 Å². The molecule has 4 N–H and O–H groups in total. The van der Waals surface area contributed by atoms with Gasteiger partial charge in [-0.15, -0.1) is 0 Å². The lowest BCUT2D eigenvalue weighted by atomic mass is 10.0. The second-order valence-electron chi connectivity index (χ2n) is 6.12. The third kappa shape index (κ3) is 6.47. The molecule has 1 unspecified atom stereocenters. The van der Waals surface area contributed by atoms with Crippen LogP contribution in [0.15, 0.2) is 48.5 Å². The molecule has 0 aromatic heterocycles. The number of carbonyl (C=O) groups is 3. The van der Waals surface area contributed by atoms with Gasteiger partial charge in [-0.3, -0.25) is 9.59 Å². The van der Waals surface area contributed by atoms with E-state index in [4.69, 9.17) is 0 Å². The minimum absolute atomic E-state index is 0.0472. The van der Waals surface area contributed by atoms with Crippen LogP contribution in [0.25, 0.3) is 0 Å². The van der Waals surface area contributed by atoms with Crippen LogP contribution in [0.2, 0.25) is 0 Å². The van der Waals surface area contributed by atoms with Crippen molar-refractivity contribution in [3.05, 3.63) is 65.7 Å². The second-order valence-corrected chi connectivity index (χ2v) is 6.12. The minimum Gasteiger partial charge on any atom is -0.508 e. The van der Waals surface area contributed by atoms with E-state index in [-0.39, 0.29) is 18.6 Å². The molecule has 7 heteroatoms. The lowest BCUT2D eigenvalue weighted by molar-refractivity contribution is -0.142. The van der Waals surface area contributed by atoms with E-state index < -0.39 is 29.9 Å². The molecule has 0 aliphatic rings. The molecule has 2 aromatic carbocycles. The van der Waals surface area contributed by atoms with Crippen molar-refractivity contribution < 1.29 is 24.6 Å². The summed E-state index contributed by atoms with van der Waals surface area (Å²) < 4.78 is 0. The number of benzene rings is 2. The van der Waals surface area contributed by atoms with Crippen LogP contribution in [0, 0.1) is 6.07 Å². The summed E-state index contributed by atoms with van der Waals surface area (Å²) in [7, 11) is 0. The Bertz CT molecular complexity index is 790. The van der Waals surface area contributed by atoms with E-state index in [2.05, 4.69) is 16.7 Å². The summed E-state index contributed by atoms with van der Waals surface area (Å²) in [5.41, 5.74) is 1.37. The molecule has 0 spiro atoms. The summed E-state index contributed by atoms with van der Waals surface area (Å²) >= 11 is 0. The van der Waals surface area contributed by atoms with E-state index in [1.807, 2.05) is 0 Å². The Balaban J connectivity index is 2.10. The largest absolute Gasteiger partial charge is 0.508 e. The first-order valence-electron chi connectivity index (χ1n) is 8.39. The van der Waals surface area contributed by atoms with E-state index >= 15 is 0 Å². The number of phenolic OH excluding ortho intramolecular Hbond substituents is 1. The van der Waals surface area contributed by atoms with Gasteiger partial charge in [-0.25, -0.2) is 4.79 Å². The van der Waals surface area contributed by atoms with E-state index in [9.17, 15) is 24.6 Å². The minimum atomic E-state index is -1.19. The highest BCUT2D eigenvalue weighted by atomic mass is 16.4. The van der Waals surface area contributed by atoms with Gasteiger partial charge >= 0.3 is 5.97 Å². The number of phenols is 1. The molecule has 0 aliphatic heterocycles. The molecular weight excluding hydrogens is 348 g/mol. The van der Waals surface area contributed by atoms with Gasteiger partial charge < -0.3 is 20.8 Å². The fraction of sp³-hybridized carbons (Fsp3) is 0.250. The summed E-state index contributed by atoms with van der Waals surface area (Å²) in [6.45, 7) is 1.29. The van der Waals surface area contributed by atoms with Crippen molar-refractivity contribution in [3.63, 3.8) is 0 Å². The SMILES string of the molecule is CC(=O)NC(Cc1[c]cccc1)C(=O)N[C@H](Cc1ccc(O)cc1)C(=O)O. The lowest BCUT2D eigenvalue weighted by Gasteiger charge is -2.21. The molecule has 0 fully saturated rings. The Morgan fingerprint density at radius 3 is 2.26 bits per heavy atom. The number of aliphatic carboxylic acids is 1. The van der Waals surface area contributed by atoms with Crippen molar-refractivity contribution in [3.8, 4) is 5.75 Å². The van der Waals surface area contributed by atoms with Gasteiger partial charge in [-0.2, -0.15) is 0 Å². The summed E-state index contributed by atoms with van der Waals surface area (Å²) in [5, 5.41) is 23.8. The Morgan fingerprint density at radius 2 is 1.70 bits per heavy atom.